The molecule has 0 spiro atoms. The molecule has 28 heavy (non-hydrogen) atoms. The number of fused-ring (bicyclic) bond motifs is 1. The Hall–Kier alpha value is -1.70. The van der Waals surface area contributed by atoms with E-state index in [2.05, 4.69) is 10.4 Å². The molecule has 0 bridgehead atoms. The Morgan fingerprint density at radius 1 is 1.39 bits per heavy atom. The van der Waals surface area contributed by atoms with E-state index in [1.807, 2.05) is 50.7 Å². The van der Waals surface area contributed by atoms with Crippen LogP contribution in [0.15, 0.2) is 6.07 Å². The average molecular weight is 398 g/mol. The van der Waals surface area contributed by atoms with Crippen molar-refractivity contribution in [1.29, 1.82) is 0 Å². The molecule has 2 aliphatic heterocycles. The third kappa shape index (κ3) is 4.47. The summed E-state index contributed by atoms with van der Waals surface area (Å²) in [6, 6.07) is 0.899. The number of carbonyl (C=O) groups excluding carboxylic acids is 1. The zero-order chi connectivity index (χ0) is 20.6. The molecular weight excluding hydrogens is 364 g/mol. The van der Waals surface area contributed by atoms with E-state index in [-0.39, 0.29) is 23.3 Å². The molecule has 0 aromatic carbocycles. The van der Waals surface area contributed by atoms with Gasteiger partial charge in [-0.15, -0.1) is 0 Å². The molecule has 1 amide bonds. The Balaban J connectivity index is 1.78. The number of nitrogens with one attached hydrogen (secondary N) is 1. The number of alkyl halides is 2. The average Bonchev–Trinajstić information content (AvgIpc) is 3.04. The fourth-order valence-electron chi connectivity index (χ4n) is 4.19. The molecule has 0 radical (unpaired) electrons. The van der Waals surface area contributed by atoms with E-state index in [1.54, 1.807) is 0 Å². The number of aromatic nitrogens is 2. The number of hydrogen-bond acceptors (Lipinski definition) is 4. The summed E-state index contributed by atoms with van der Waals surface area (Å²) in [5.74, 6) is 0.946. The maximum atomic E-state index is 13.8. The zero-order valence-corrected chi connectivity index (χ0v) is 17.6. The first-order chi connectivity index (χ1) is 13.1. The van der Waals surface area contributed by atoms with Crippen LogP contribution in [0.1, 0.15) is 51.8 Å². The van der Waals surface area contributed by atoms with Gasteiger partial charge in [0.1, 0.15) is 11.9 Å². The van der Waals surface area contributed by atoms with E-state index in [9.17, 15) is 13.6 Å². The second-order valence-electron chi connectivity index (χ2n) is 9.48. The number of hydrogen-bond donors (Lipinski definition) is 1. The van der Waals surface area contributed by atoms with E-state index in [0.717, 1.165) is 25.1 Å². The van der Waals surface area contributed by atoms with E-state index in [0.29, 0.717) is 25.3 Å². The van der Waals surface area contributed by atoms with Gasteiger partial charge in [0.25, 0.3) is 6.43 Å². The van der Waals surface area contributed by atoms with Crippen LogP contribution in [0.4, 0.5) is 14.6 Å². The number of anilines is 1. The molecular formula is C20H33F2N5O. The van der Waals surface area contributed by atoms with Crippen molar-refractivity contribution in [2.24, 2.45) is 5.92 Å². The Kier molecular flexibility index (Phi) is 5.98. The Labute approximate surface area is 166 Å². The van der Waals surface area contributed by atoms with Gasteiger partial charge in [-0.25, -0.2) is 13.5 Å². The highest BCUT2D eigenvalue weighted by Crippen LogP contribution is 2.38. The van der Waals surface area contributed by atoms with Crippen LogP contribution in [-0.2, 0) is 10.2 Å². The lowest BCUT2D eigenvalue weighted by molar-refractivity contribution is -0.133. The Morgan fingerprint density at radius 2 is 2.11 bits per heavy atom. The van der Waals surface area contributed by atoms with Gasteiger partial charge < -0.3 is 15.1 Å². The Bertz CT molecular complexity index is 697. The van der Waals surface area contributed by atoms with Crippen molar-refractivity contribution >= 4 is 11.7 Å². The number of likely N-dealkylation sites (tertiary alicyclic amines) is 1. The molecule has 1 N–H and O–H groups in total. The van der Waals surface area contributed by atoms with Crippen LogP contribution in [0.2, 0.25) is 0 Å². The maximum absolute atomic E-state index is 13.8. The van der Waals surface area contributed by atoms with Gasteiger partial charge in [0, 0.05) is 30.6 Å². The minimum atomic E-state index is -2.47. The molecule has 1 aromatic rings. The number of likely N-dealkylation sites (N-methyl/N-ethyl adjacent to an activating group) is 1. The minimum Gasteiger partial charge on any atom is -0.367 e. The van der Waals surface area contributed by atoms with Gasteiger partial charge in [-0.05, 0) is 39.3 Å². The number of halogens is 2. The minimum absolute atomic E-state index is 0.0778. The molecule has 0 unspecified atom stereocenters. The summed E-state index contributed by atoms with van der Waals surface area (Å²) in [7, 11) is 3.76. The van der Waals surface area contributed by atoms with E-state index in [4.69, 9.17) is 0 Å². The molecule has 8 heteroatoms. The molecule has 2 aliphatic rings. The summed E-state index contributed by atoms with van der Waals surface area (Å²) >= 11 is 0. The molecule has 0 saturated carbocycles. The van der Waals surface area contributed by atoms with Crippen molar-refractivity contribution in [2.45, 2.75) is 64.0 Å². The van der Waals surface area contributed by atoms with E-state index >= 15 is 0 Å². The number of amides is 1. The summed E-state index contributed by atoms with van der Waals surface area (Å²) in [4.78, 5) is 16.2. The van der Waals surface area contributed by atoms with E-state index < -0.39 is 12.5 Å². The van der Waals surface area contributed by atoms with Crippen LogP contribution in [0.25, 0.3) is 0 Å². The SMILES string of the molecule is CN(C)CC(=O)N1CCC[C@H]([C@@H]2C[C@H](C(F)F)n3nc(C(C)(C)C)cc3N2)C1. The third-order valence-electron chi connectivity index (χ3n) is 5.77. The molecule has 1 fully saturated rings. The standard InChI is InChI=1S/C20H33F2N5O/c1-20(2,3)16-10-17-23-14(9-15(19(21)22)27(17)24-16)13-7-6-8-26(11-13)18(28)12-25(4)5/h10,13-15,19,23H,6-9,11-12H2,1-5H3/t13-,14-,15+/m0/s1. The van der Waals surface area contributed by atoms with Crippen molar-refractivity contribution in [3.05, 3.63) is 11.8 Å². The molecule has 3 rings (SSSR count). The monoisotopic (exact) mass is 397 g/mol. The van der Waals surface area contributed by atoms with Gasteiger partial charge in [0.05, 0.1) is 12.2 Å². The summed E-state index contributed by atoms with van der Waals surface area (Å²) < 4.78 is 29.1. The topological polar surface area (TPSA) is 53.4 Å². The fourth-order valence-corrected chi connectivity index (χ4v) is 4.19. The molecule has 0 aliphatic carbocycles. The van der Waals surface area contributed by atoms with Crippen molar-refractivity contribution in [3.63, 3.8) is 0 Å². The first kappa shape index (κ1) is 21.0. The van der Waals surface area contributed by atoms with Crippen LogP contribution in [0, 0.1) is 5.92 Å². The van der Waals surface area contributed by atoms with Crippen LogP contribution in [-0.4, -0.2) is 71.7 Å². The van der Waals surface area contributed by atoms with Gasteiger partial charge in [-0.2, -0.15) is 5.10 Å². The van der Waals surface area contributed by atoms with Crippen LogP contribution < -0.4 is 5.32 Å². The molecule has 3 atom stereocenters. The summed E-state index contributed by atoms with van der Waals surface area (Å²) in [6.07, 6.45) is -0.282. The van der Waals surface area contributed by atoms with Crippen LogP contribution in [0.3, 0.4) is 0 Å². The second kappa shape index (κ2) is 7.97. The number of rotatable bonds is 4. The first-order valence-electron chi connectivity index (χ1n) is 10.1. The summed E-state index contributed by atoms with van der Waals surface area (Å²) in [5, 5.41) is 7.95. The lowest BCUT2D eigenvalue weighted by atomic mass is 9.86. The normalized spacial score (nSPS) is 25.8. The van der Waals surface area contributed by atoms with E-state index in [1.165, 1.54) is 4.68 Å². The van der Waals surface area contributed by atoms with Gasteiger partial charge in [0.15, 0.2) is 0 Å². The van der Waals surface area contributed by atoms with Gasteiger partial charge >= 0.3 is 0 Å². The number of piperidine rings is 1. The van der Waals surface area contributed by atoms with Crippen molar-refractivity contribution < 1.29 is 13.6 Å². The lowest BCUT2D eigenvalue weighted by Gasteiger charge is -2.41. The van der Waals surface area contributed by atoms with Gasteiger partial charge in [-0.1, -0.05) is 20.8 Å². The second-order valence-corrected chi connectivity index (χ2v) is 9.48. The molecule has 158 valence electrons. The lowest BCUT2D eigenvalue weighted by Crippen LogP contribution is -2.49. The van der Waals surface area contributed by atoms with Gasteiger partial charge in [0.2, 0.25) is 5.91 Å². The maximum Gasteiger partial charge on any atom is 0.260 e. The highest BCUT2D eigenvalue weighted by molar-refractivity contribution is 5.78. The summed E-state index contributed by atoms with van der Waals surface area (Å²) in [6.45, 7) is 7.86. The highest BCUT2D eigenvalue weighted by Gasteiger charge is 2.39. The molecule has 1 saturated heterocycles. The molecule has 1 aromatic heterocycles. The first-order valence-corrected chi connectivity index (χ1v) is 10.1. The quantitative estimate of drug-likeness (QED) is 0.849. The summed E-state index contributed by atoms with van der Waals surface area (Å²) in [5.41, 5.74) is 0.613. The fraction of sp³-hybridized carbons (Fsp3) is 0.800. The third-order valence-corrected chi connectivity index (χ3v) is 5.77. The van der Waals surface area contributed by atoms with Crippen molar-refractivity contribution in [3.8, 4) is 0 Å². The molecule has 3 heterocycles. The largest absolute Gasteiger partial charge is 0.367 e. The Morgan fingerprint density at radius 3 is 2.71 bits per heavy atom. The van der Waals surface area contributed by atoms with Crippen LogP contribution in [0.5, 0.6) is 0 Å². The number of nitrogens with zero attached hydrogens (tertiary/aromatic N) is 4. The predicted molar refractivity (Wildman–Crippen MR) is 106 cm³/mol. The van der Waals surface area contributed by atoms with Crippen LogP contribution >= 0.6 is 0 Å². The predicted octanol–water partition coefficient (Wildman–Crippen LogP) is 2.97. The van der Waals surface area contributed by atoms with Crippen molar-refractivity contribution in [2.75, 3.05) is 39.0 Å². The molecule has 6 nitrogen and oxygen atoms in total. The highest BCUT2D eigenvalue weighted by atomic mass is 19.3. The van der Waals surface area contributed by atoms with Gasteiger partial charge in [-0.3, -0.25) is 4.79 Å². The smallest absolute Gasteiger partial charge is 0.260 e. The van der Waals surface area contributed by atoms with Crippen molar-refractivity contribution in [1.82, 2.24) is 19.6 Å². The zero-order valence-electron chi connectivity index (χ0n) is 17.6. The number of carbonyl (C=O) groups is 1.